The SMILES string of the molecule is Cc1cc(CN(C)C(=O)/C=C/c2cn(-c3ccccc3)nc2-c2ccccc2)no1. The number of aryl methyl sites for hydroxylation is 1. The van der Waals surface area contributed by atoms with E-state index in [1.807, 2.05) is 90.6 Å². The average molecular weight is 398 g/mol. The lowest BCUT2D eigenvalue weighted by Crippen LogP contribution is -2.24. The molecule has 0 radical (unpaired) electrons. The lowest BCUT2D eigenvalue weighted by atomic mass is 10.1. The first-order chi connectivity index (χ1) is 14.6. The van der Waals surface area contributed by atoms with Crippen LogP contribution in [0.3, 0.4) is 0 Å². The van der Waals surface area contributed by atoms with Crippen LogP contribution in [-0.2, 0) is 11.3 Å². The molecule has 30 heavy (non-hydrogen) atoms. The summed E-state index contributed by atoms with van der Waals surface area (Å²) in [6, 6.07) is 21.7. The third-order valence-electron chi connectivity index (χ3n) is 4.67. The van der Waals surface area contributed by atoms with Crippen molar-refractivity contribution in [3.63, 3.8) is 0 Å². The number of amides is 1. The van der Waals surface area contributed by atoms with Crippen LogP contribution in [0.2, 0.25) is 0 Å². The van der Waals surface area contributed by atoms with Gasteiger partial charge in [0.2, 0.25) is 5.91 Å². The average Bonchev–Trinajstić information content (AvgIpc) is 3.39. The highest BCUT2D eigenvalue weighted by Gasteiger charge is 2.12. The van der Waals surface area contributed by atoms with Gasteiger partial charge in [-0.05, 0) is 25.1 Å². The molecule has 2 aromatic carbocycles. The Balaban J connectivity index is 1.60. The zero-order valence-electron chi connectivity index (χ0n) is 16.9. The standard InChI is InChI=1S/C24H22N4O2/c1-18-15-21(26-30-18)17-27(2)23(29)14-13-20-16-28(22-11-7-4-8-12-22)25-24(20)19-9-5-3-6-10-19/h3-16H,17H2,1-2H3/b14-13+. The van der Waals surface area contributed by atoms with Gasteiger partial charge >= 0.3 is 0 Å². The van der Waals surface area contributed by atoms with Gasteiger partial charge in [0.05, 0.1) is 17.9 Å². The van der Waals surface area contributed by atoms with Crippen molar-refractivity contribution in [1.82, 2.24) is 19.8 Å². The molecule has 0 saturated heterocycles. The van der Waals surface area contributed by atoms with Crippen molar-refractivity contribution in [1.29, 1.82) is 0 Å². The Morgan fingerprint density at radius 2 is 1.80 bits per heavy atom. The van der Waals surface area contributed by atoms with E-state index in [-0.39, 0.29) is 5.91 Å². The number of carbonyl (C=O) groups is 1. The van der Waals surface area contributed by atoms with E-state index in [4.69, 9.17) is 9.62 Å². The third kappa shape index (κ3) is 4.38. The summed E-state index contributed by atoms with van der Waals surface area (Å²) < 4.78 is 6.89. The van der Waals surface area contributed by atoms with Crippen molar-refractivity contribution in [3.8, 4) is 16.9 Å². The van der Waals surface area contributed by atoms with E-state index in [1.165, 1.54) is 0 Å². The predicted octanol–water partition coefficient (Wildman–Crippen LogP) is 4.51. The first kappa shape index (κ1) is 19.4. The summed E-state index contributed by atoms with van der Waals surface area (Å²) in [5.74, 6) is 0.601. The van der Waals surface area contributed by atoms with Crippen molar-refractivity contribution in [3.05, 3.63) is 96.0 Å². The number of likely N-dealkylation sites (N-methyl/N-ethyl adjacent to an activating group) is 1. The number of para-hydroxylation sites is 1. The molecular formula is C24H22N4O2. The van der Waals surface area contributed by atoms with Crippen LogP contribution in [0.4, 0.5) is 0 Å². The quantitative estimate of drug-likeness (QED) is 0.448. The van der Waals surface area contributed by atoms with Gasteiger partial charge in [-0.1, -0.05) is 53.7 Å². The van der Waals surface area contributed by atoms with Gasteiger partial charge in [0.1, 0.15) is 11.5 Å². The predicted molar refractivity (Wildman–Crippen MR) is 116 cm³/mol. The maximum Gasteiger partial charge on any atom is 0.246 e. The smallest absolute Gasteiger partial charge is 0.246 e. The number of benzene rings is 2. The van der Waals surface area contributed by atoms with Crippen molar-refractivity contribution in [2.45, 2.75) is 13.5 Å². The Bertz CT molecular complexity index is 1160. The normalized spacial score (nSPS) is 11.1. The number of aromatic nitrogens is 3. The Labute approximate surface area is 175 Å². The molecule has 0 unspecified atom stereocenters. The second-order valence-electron chi connectivity index (χ2n) is 7.04. The molecule has 2 heterocycles. The molecule has 0 bridgehead atoms. The molecule has 0 saturated carbocycles. The van der Waals surface area contributed by atoms with E-state index < -0.39 is 0 Å². The Kier molecular flexibility index (Phi) is 5.57. The lowest BCUT2D eigenvalue weighted by Gasteiger charge is -2.12. The summed E-state index contributed by atoms with van der Waals surface area (Å²) in [6.45, 7) is 2.21. The van der Waals surface area contributed by atoms with Gasteiger partial charge in [0.15, 0.2) is 0 Å². The first-order valence-electron chi connectivity index (χ1n) is 9.66. The number of nitrogens with zero attached hydrogens (tertiary/aromatic N) is 4. The summed E-state index contributed by atoms with van der Waals surface area (Å²) in [7, 11) is 1.74. The summed E-state index contributed by atoms with van der Waals surface area (Å²) >= 11 is 0. The number of carbonyl (C=O) groups excluding carboxylic acids is 1. The number of rotatable bonds is 6. The van der Waals surface area contributed by atoms with E-state index in [9.17, 15) is 4.79 Å². The summed E-state index contributed by atoms with van der Waals surface area (Å²) in [5, 5.41) is 8.70. The largest absolute Gasteiger partial charge is 0.361 e. The van der Waals surface area contributed by atoms with Gasteiger partial charge in [-0.3, -0.25) is 4.79 Å². The fraction of sp³-hybridized carbons (Fsp3) is 0.125. The molecule has 6 heteroatoms. The molecule has 0 N–H and O–H groups in total. The molecule has 0 atom stereocenters. The van der Waals surface area contributed by atoms with E-state index in [0.717, 1.165) is 34.0 Å². The number of hydrogen-bond acceptors (Lipinski definition) is 4. The molecule has 6 nitrogen and oxygen atoms in total. The fourth-order valence-electron chi connectivity index (χ4n) is 3.14. The van der Waals surface area contributed by atoms with E-state index in [0.29, 0.717) is 6.54 Å². The van der Waals surface area contributed by atoms with Crippen LogP contribution in [0.1, 0.15) is 17.0 Å². The van der Waals surface area contributed by atoms with Crippen LogP contribution in [-0.4, -0.2) is 32.8 Å². The maximum absolute atomic E-state index is 12.6. The molecule has 0 aliphatic heterocycles. The fourth-order valence-corrected chi connectivity index (χ4v) is 3.14. The molecule has 0 aliphatic rings. The van der Waals surface area contributed by atoms with Crippen LogP contribution >= 0.6 is 0 Å². The summed E-state index contributed by atoms with van der Waals surface area (Å²) in [6.07, 6.45) is 5.30. The van der Waals surface area contributed by atoms with E-state index in [1.54, 1.807) is 18.0 Å². The highest BCUT2D eigenvalue weighted by molar-refractivity contribution is 5.92. The Morgan fingerprint density at radius 1 is 1.10 bits per heavy atom. The molecule has 0 aliphatic carbocycles. The monoisotopic (exact) mass is 398 g/mol. The highest BCUT2D eigenvalue weighted by atomic mass is 16.5. The zero-order valence-corrected chi connectivity index (χ0v) is 16.9. The van der Waals surface area contributed by atoms with Crippen LogP contribution in [0.5, 0.6) is 0 Å². The Hall–Kier alpha value is -3.93. The molecule has 1 amide bonds. The minimum atomic E-state index is -0.123. The lowest BCUT2D eigenvalue weighted by molar-refractivity contribution is -0.125. The molecule has 0 fully saturated rings. The summed E-state index contributed by atoms with van der Waals surface area (Å²) in [5.41, 5.74) is 4.35. The minimum Gasteiger partial charge on any atom is -0.361 e. The van der Waals surface area contributed by atoms with Crippen molar-refractivity contribution >= 4 is 12.0 Å². The second kappa shape index (κ2) is 8.61. The minimum absolute atomic E-state index is 0.123. The number of hydrogen-bond donors (Lipinski definition) is 0. The van der Waals surface area contributed by atoms with Crippen LogP contribution in [0.15, 0.2) is 83.5 Å². The molecule has 0 spiro atoms. The van der Waals surface area contributed by atoms with Gasteiger partial charge in [-0.2, -0.15) is 5.10 Å². The molecule has 4 rings (SSSR count). The molecule has 2 aromatic heterocycles. The van der Waals surface area contributed by atoms with Crippen LogP contribution < -0.4 is 0 Å². The van der Waals surface area contributed by atoms with Crippen molar-refractivity contribution in [2.24, 2.45) is 0 Å². The van der Waals surface area contributed by atoms with E-state index >= 15 is 0 Å². The highest BCUT2D eigenvalue weighted by Crippen LogP contribution is 2.24. The summed E-state index contributed by atoms with van der Waals surface area (Å²) in [4.78, 5) is 14.2. The first-order valence-corrected chi connectivity index (χ1v) is 9.66. The van der Waals surface area contributed by atoms with Gasteiger partial charge in [0, 0.05) is 36.5 Å². The Morgan fingerprint density at radius 3 is 2.47 bits per heavy atom. The van der Waals surface area contributed by atoms with Crippen molar-refractivity contribution in [2.75, 3.05) is 7.05 Å². The molecule has 4 aromatic rings. The van der Waals surface area contributed by atoms with E-state index in [2.05, 4.69) is 5.16 Å². The molecule has 150 valence electrons. The van der Waals surface area contributed by atoms with Gasteiger partial charge in [-0.25, -0.2) is 4.68 Å². The van der Waals surface area contributed by atoms with Crippen molar-refractivity contribution < 1.29 is 9.32 Å². The maximum atomic E-state index is 12.6. The topological polar surface area (TPSA) is 64.2 Å². The van der Waals surface area contributed by atoms with Crippen LogP contribution in [0.25, 0.3) is 23.0 Å². The second-order valence-corrected chi connectivity index (χ2v) is 7.04. The van der Waals surface area contributed by atoms with Gasteiger partial charge < -0.3 is 9.42 Å². The van der Waals surface area contributed by atoms with Gasteiger partial charge in [-0.15, -0.1) is 0 Å². The van der Waals surface area contributed by atoms with Crippen LogP contribution in [0, 0.1) is 6.92 Å². The van der Waals surface area contributed by atoms with Gasteiger partial charge in [0.25, 0.3) is 0 Å². The third-order valence-corrected chi connectivity index (χ3v) is 4.67. The zero-order chi connectivity index (χ0) is 20.9. The molecular weight excluding hydrogens is 376 g/mol.